The first-order chi connectivity index (χ1) is 10.1. The van der Waals surface area contributed by atoms with Crippen LogP contribution in [0.15, 0.2) is 53.5 Å². The van der Waals surface area contributed by atoms with Crippen molar-refractivity contribution in [2.75, 3.05) is 5.32 Å². The van der Waals surface area contributed by atoms with Crippen LogP contribution in [-0.2, 0) is 0 Å². The molecule has 2 heterocycles. The lowest BCUT2D eigenvalue weighted by molar-refractivity contribution is 0.102. The molecule has 0 fully saturated rings. The fourth-order valence-electron chi connectivity index (χ4n) is 2.02. The minimum absolute atomic E-state index is 0.189. The molecule has 0 spiro atoms. The van der Waals surface area contributed by atoms with Crippen LogP contribution >= 0.6 is 11.6 Å². The maximum atomic E-state index is 12.2. The Morgan fingerprint density at radius 2 is 2.00 bits per heavy atom. The third-order valence-electron chi connectivity index (χ3n) is 2.98. The minimum Gasteiger partial charge on any atom is -0.320 e. The van der Waals surface area contributed by atoms with Crippen molar-refractivity contribution in [2.45, 2.75) is 0 Å². The summed E-state index contributed by atoms with van der Waals surface area (Å²) in [6.07, 6.45) is 1.63. The molecule has 6 heteroatoms. The molecule has 0 aliphatic heterocycles. The van der Waals surface area contributed by atoms with Gasteiger partial charge in [0.15, 0.2) is 0 Å². The topological polar surface area (TPSA) is 74.8 Å². The lowest BCUT2D eigenvalue weighted by Crippen LogP contribution is -2.18. The highest BCUT2D eigenvalue weighted by atomic mass is 35.5. The average molecular weight is 300 g/mol. The van der Waals surface area contributed by atoms with Crippen molar-refractivity contribution in [3.8, 4) is 0 Å². The van der Waals surface area contributed by atoms with Crippen LogP contribution in [0.25, 0.3) is 10.9 Å². The van der Waals surface area contributed by atoms with Gasteiger partial charge in [-0.15, -0.1) is 0 Å². The van der Waals surface area contributed by atoms with Gasteiger partial charge in [0.2, 0.25) is 5.56 Å². The summed E-state index contributed by atoms with van der Waals surface area (Å²) in [6, 6.07) is 11.3. The van der Waals surface area contributed by atoms with E-state index in [2.05, 4.69) is 15.3 Å². The van der Waals surface area contributed by atoms with E-state index in [0.29, 0.717) is 16.2 Å². The van der Waals surface area contributed by atoms with Crippen LogP contribution in [0.4, 0.5) is 5.69 Å². The second-order valence-corrected chi connectivity index (χ2v) is 4.78. The lowest BCUT2D eigenvalue weighted by atomic mass is 10.1. The smallest absolute Gasteiger partial charge is 0.272 e. The van der Waals surface area contributed by atoms with Crippen LogP contribution in [0.5, 0.6) is 0 Å². The third-order valence-corrected chi connectivity index (χ3v) is 3.29. The van der Waals surface area contributed by atoms with E-state index >= 15 is 0 Å². The summed E-state index contributed by atoms with van der Waals surface area (Å²) in [5.74, 6) is -0.403. The molecule has 3 aromatic rings. The number of hydrogen-bond acceptors (Lipinski definition) is 3. The minimum atomic E-state index is -0.403. The normalized spacial score (nSPS) is 10.5. The molecule has 104 valence electrons. The fraction of sp³-hybridized carbons (Fsp3) is 0. The van der Waals surface area contributed by atoms with E-state index in [1.807, 2.05) is 6.07 Å². The maximum Gasteiger partial charge on any atom is 0.272 e. The number of benzene rings is 1. The first kappa shape index (κ1) is 13.3. The second kappa shape index (κ2) is 5.38. The van der Waals surface area contributed by atoms with E-state index in [4.69, 9.17) is 11.6 Å². The highest BCUT2D eigenvalue weighted by Gasteiger charge is 2.10. The van der Waals surface area contributed by atoms with E-state index in [1.165, 1.54) is 18.2 Å². The number of aromatic amines is 1. The number of carbonyl (C=O) groups excluding carboxylic acids is 1. The number of nitrogens with one attached hydrogen (secondary N) is 2. The van der Waals surface area contributed by atoms with E-state index in [1.54, 1.807) is 24.4 Å². The third kappa shape index (κ3) is 2.64. The van der Waals surface area contributed by atoms with Crippen LogP contribution in [0.1, 0.15) is 10.5 Å². The summed E-state index contributed by atoms with van der Waals surface area (Å²) in [5, 5.41) is 3.99. The van der Waals surface area contributed by atoms with Gasteiger partial charge in [-0.3, -0.25) is 14.6 Å². The number of rotatable bonds is 2. The number of amides is 1. The van der Waals surface area contributed by atoms with Crippen LogP contribution in [0.3, 0.4) is 0 Å². The molecule has 0 aliphatic rings. The summed E-state index contributed by atoms with van der Waals surface area (Å²) in [7, 11) is 0. The van der Waals surface area contributed by atoms with Gasteiger partial charge in [-0.2, -0.15) is 0 Å². The summed E-state index contributed by atoms with van der Waals surface area (Å²) in [6.45, 7) is 0. The molecule has 3 rings (SSSR count). The summed E-state index contributed by atoms with van der Waals surface area (Å²) < 4.78 is 0. The first-order valence-electron chi connectivity index (χ1n) is 6.19. The highest BCUT2D eigenvalue weighted by molar-refractivity contribution is 6.35. The van der Waals surface area contributed by atoms with Crippen molar-refractivity contribution in [1.82, 2.24) is 9.97 Å². The van der Waals surface area contributed by atoms with Gasteiger partial charge in [-0.1, -0.05) is 17.7 Å². The van der Waals surface area contributed by atoms with Crippen molar-refractivity contribution < 1.29 is 4.79 Å². The number of anilines is 1. The quantitative estimate of drug-likeness (QED) is 0.764. The molecule has 1 amide bonds. The number of carbonyl (C=O) groups is 1. The Labute approximate surface area is 124 Å². The van der Waals surface area contributed by atoms with Crippen LogP contribution < -0.4 is 10.9 Å². The Morgan fingerprint density at radius 3 is 2.81 bits per heavy atom. The van der Waals surface area contributed by atoms with E-state index in [0.717, 1.165) is 5.39 Å². The lowest BCUT2D eigenvalue weighted by Gasteiger charge is -2.09. The van der Waals surface area contributed by atoms with Gasteiger partial charge in [-0.05, 0) is 30.3 Å². The Bertz CT molecular complexity index is 889. The predicted molar refractivity (Wildman–Crippen MR) is 81.8 cm³/mol. The second-order valence-electron chi connectivity index (χ2n) is 4.38. The molecule has 2 aromatic heterocycles. The zero-order chi connectivity index (χ0) is 14.8. The first-order valence-corrected chi connectivity index (χ1v) is 6.57. The van der Waals surface area contributed by atoms with Crippen LogP contribution in [0, 0.1) is 0 Å². The summed E-state index contributed by atoms with van der Waals surface area (Å²) in [5.41, 5.74) is 1.05. The highest BCUT2D eigenvalue weighted by Crippen LogP contribution is 2.28. The van der Waals surface area contributed by atoms with Crippen molar-refractivity contribution in [3.63, 3.8) is 0 Å². The Kier molecular flexibility index (Phi) is 3.41. The van der Waals surface area contributed by atoms with E-state index in [-0.39, 0.29) is 11.3 Å². The Hall–Kier alpha value is -2.66. The molecule has 21 heavy (non-hydrogen) atoms. The number of nitrogens with zero attached hydrogens (tertiary/aromatic N) is 1. The molecule has 0 saturated heterocycles. The molecule has 2 N–H and O–H groups in total. The SMILES string of the molecule is O=C(Nc1ccc(Cl)c2ncccc12)c1cccc(=O)[nH]1. The predicted octanol–water partition coefficient (Wildman–Crippen LogP) is 2.83. The summed E-state index contributed by atoms with van der Waals surface area (Å²) >= 11 is 6.08. The van der Waals surface area contributed by atoms with Gasteiger partial charge in [-0.25, -0.2) is 0 Å². The molecule has 0 bridgehead atoms. The Balaban J connectivity index is 2.01. The van der Waals surface area contributed by atoms with Gasteiger partial charge in [0.05, 0.1) is 16.2 Å². The van der Waals surface area contributed by atoms with E-state index in [9.17, 15) is 9.59 Å². The van der Waals surface area contributed by atoms with E-state index < -0.39 is 5.91 Å². The van der Waals surface area contributed by atoms with Gasteiger partial charge in [0, 0.05) is 17.6 Å². The zero-order valence-corrected chi connectivity index (χ0v) is 11.5. The molecule has 0 unspecified atom stereocenters. The van der Waals surface area contributed by atoms with Crippen LogP contribution in [0.2, 0.25) is 5.02 Å². The molecular formula is C15H10ClN3O2. The zero-order valence-electron chi connectivity index (χ0n) is 10.8. The molecule has 0 atom stereocenters. The number of hydrogen-bond donors (Lipinski definition) is 2. The standard InChI is InChI=1S/C15H10ClN3O2/c16-10-6-7-11(9-3-2-8-17-14(9)10)19-15(21)12-4-1-5-13(20)18-12/h1-8H,(H,18,20)(H,19,21). The Morgan fingerprint density at radius 1 is 1.14 bits per heavy atom. The van der Waals surface area contributed by atoms with Gasteiger partial charge < -0.3 is 10.3 Å². The largest absolute Gasteiger partial charge is 0.320 e. The number of fused-ring (bicyclic) bond motifs is 1. The van der Waals surface area contributed by atoms with Gasteiger partial charge in [0.1, 0.15) is 5.69 Å². The fourth-order valence-corrected chi connectivity index (χ4v) is 2.23. The molecule has 1 aromatic carbocycles. The number of pyridine rings is 2. The van der Waals surface area contributed by atoms with Crippen molar-refractivity contribution in [1.29, 1.82) is 0 Å². The molecule has 0 saturated carbocycles. The average Bonchev–Trinajstić information content (AvgIpc) is 2.50. The van der Waals surface area contributed by atoms with Crippen molar-refractivity contribution >= 4 is 34.1 Å². The molecule has 5 nitrogen and oxygen atoms in total. The monoisotopic (exact) mass is 299 g/mol. The summed E-state index contributed by atoms with van der Waals surface area (Å²) in [4.78, 5) is 30.1. The maximum absolute atomic E-state index is 12.2. The molecule has 0 radical (unpaired) electrons. The van der Waals surface area contributed by atoms with Crippen LogP contribution in [-0.4, -0.2) is 15.9 Å². The number of H-pyrrole nitrogens is 1. The van der Waals surface area contributed by atoms with Gasteiger partial charge in [0.25, 0.3) is 5.91 Å². The molecular weight excluding hydrogens is 290 g/mol. The van der Waals surface area contributed by atoms with Crippen molar-refractivity contribution in [3.05, 3.63) is 69.7 Å². The molecule has 0 aliphatic carbocycles. The number of halogens is 1. The van der Waals surface area contributed by atoms with Crippen molar-refractivity contribution in [2.24, 2.45) is 0 Å². The van der Waals surface area contributed by atoms with Gasteiger partial charge >= 0.3 is 0 Å². The number of aromatic nitrogens is 2.